The van der Waals surface area contributed by atoms with E-state index in [1.165, 1.54) is 0 Å². The lowest BCUT2D eigenvalue weighted by Gasteiger charge is -2.42. The molecule has 2 heterocycles. The van der Waals surface area contributed by atoms with Crippen LogP contribution in [-0.2, 0) is 19.7 Å². The molecule has 1 aromatic carbocycles. The van der Waals surface area contributed by atoms with E-state index in [0.717, 1.165) is 44.3 Å². The van der Waals surface area contributed by atoms with Crippen LogP contribution < -0.4 is 0 Å². The summed E-state index contributed by atoms with van der Waals surface area (Å²) in [5.74, 6) is 0.616. The molecule has 2 aliphatic rings. The first-order chi connectivity index (χ1) is 14.2. The van der Waals surface area contributed by atoms with E-state index in [4.69, 9.17) is 9.47 Å². The molecule has 2 fully saturated rings. The maximum Gasteiger partial charge on any atom is 0.410 e. The molecule has 6 nitrogen and oxygen atoms in total. The minimum atomic E-state index is -0.489. The Labute approximate surface area is 180 Å². The number of ether oxygens (including phenoxy) is 2. The Bertz CT molecular complexity index is 714. The molecule has 0 aromatic heterocycles. The summed E-state index contributed by atoms with van der Waals surface area (Å²) in [6.45, 7) is 9.01. The third-order valence-electron chi connectivity index (χ3n) is 6.22. The molecule has 6 heteroatoms. The van der Waals surface area contributed by atoms with Gasteiger partial charge in [0.25, 0.3) is 0 Å². The normalized spacial score (nSPS) is 19.9. The number of carbonyl (C=O) groups is 2. The van der Waals surface area contributed by atoms with E-state index in [1.807, 2.05) is 43.9 Å². The molecule has 0 bridgehead atoms. The van der Waals surface area contributed by atoms with Crippen molar-refractivity contribution in [1.82, 2.24) is 9.80 Å². The van der Waals surface area contributed by atoms with Gasteiger partial charge in [-0.2, -0.15) is 0 Å². The molecule has 0 radical (unpaired) electrons. The Morgan fingerprint density at radius 1 is 1.13 bits per heavy atom. The molecule has 30 heavy (non-hydrogen) atoms. The van der Waals surface area contributed by atoms with Crippen LogP contribution in [-0.4, -0.2) is 67.3 Å². The SMILES string of the molecule is CN(CC1CCN(C(=O)C2(c3ccccc3)CCOCC2)CC1)C(=O)OC(C)(C)C. The molecule has 1 aromatic rings. The van der Waals surface area contributed by atoms with Crippen molar-refractivity contribution in [3.8, 4) is 0 Å². The lowest BCUT2D eigenvalue weighted by atomic mass is 9.72. The zero-order valence-corrected chi connectivity index (χ0v) is 18.9. The summed E-state index contributed by atoms with van der Waals surface area (Å²) in [6, 6.07) is 10.2. The molecular formula is C24H36N2O4. The molecule has 2 aliphatic heterocycles. The fraction of sp³-hybridized carbons (Fsp3) is 0.667. The number of rotatable bonds is 4. The molecule has 0 spiro atoms. The quantitative estimate of drug-likeness (QED) is 0.748. The Morgan fingerprint density at radius 2 is 1.73 bits per heavy atom. The maximum absolute atomic E-state index is 13.7. The van der Waals surface area contributed by atoms with Crippen molar-refractivity contribution in [1.29, 1.82) is 0 Å². The predicted octanol–water partition coefficient (Wildman–Crippen LogP) is 3.84. The Kier molecular flexibility index (Phi) is 7.06. The van der Waals surface area contributed by atoms with E-state index in [0.29, 0.717) is 25.7 Å². The monoisotopic (exact) mass is 416 g/mol. The van der Waals surface area contributed by atoms with Crippen molar-refractivity contribution in [2.24, 2.45) is 5.92 Å². The van der Waals surface area contributed by atoms with Gasteiger partial charge in [-0.05, 0) is 57.9 Å². The van der Waals surface area contributed by atoms with Crippen molar-refractivity contribution < 1.29 is 19.1 Å². The second kappa shape index (κ2) is 9.38. The first kappa shape index (κ1) is 22.6. The van der Waals surface area contributed by atoms with Crippen molar-refractivity contribution >= 4 is 12.0 Å². The van der Waals surface area contributed by atoms with Crippen LogP contribution in [0, 0.1) is 5.92 Å². The minimum Gasteiger partial charge on any atom is -0.444 e. The van der Waals surface area contributed by atoms with E-state index >= 15 is 0 Å². The summed E-state index contributed by atoms with van der Waals surface area (Å²) < 4.78 is 11.0. The number of benzene rings is 1. The highest BCUT2D eigenvalue weighted by atomic mass is 16.6. The average molecular weight is 417 g/mol. The maximum atomic E-state index is 13.7. The topological polar surface area (TPSA) is 59.1 Å². The van der Waals surface area contributed by atoms with Crippen LogP contribution in [0.25, 0.3) is 0 Å². The molecule has 3 rings (SSSR count). The highest BCUT2D eigenvalue weighted by Crippen LogP contribution is 2.37. The van der Waals surface area contributed by atoms with Crippen LogP contribution in [0.2, 0.25) is 0 Å². The molecule has 0 atom stereocenters. The lowest BCUT2D eigenvalue weighted by molar-refractivity contribution is -0.143. The summed E-state index contributed by atoms with van der Waals surface area (Å²) in [7, 11) is 1.79. The molecule has 2 amide bonds. The standard InChI is InChI=1S/C24H36N2O4/c1-23(2,3)30-22(28)25(4)18-19-10-14-26(15-11-19)21(27)24(12-16-29-17-13-24)20-8-6-5-7-9-20/h5-9,19H,10-18H2,1-4H3. The van der Waals surface area contributed by atoms with E-state index in [-0.39, 0.29) is 12.0 Å². The van der Waals surface area contributed by atoms with Gasteiger partial charge in [0, 0.05) is 39.9 Å². The Balaban J connectivity index is 1.60. The van der Waals surface area contributed by atoms with E-state index in [1.54, 1.807) is 11.9 Å². The fourth-order valence-electron chi connectivity index (χ4n) is 4.53. The van der Waals surface area contributed by atoms with E-state index in [9.17, 15) is 9.59 Å². The number of amides is 2. The van der Waals surface area contributed by atoms with E-state index < -0.39 is 11.0 Å². The van der Waals surface area contributed by atoms with E-state index in [2.05, 4.69) is 12.1 Å². The molecule has 0 aliphatic carbocycles. The smallest absolute Gasteiger partial charge is 0.410 e. The third kappa shape index (κ3) is 5.34. The third-order valence-corrected chi connectivity index (χ3v) is 6.22. The van der Waals surface area contributed by atoms with Gasteiger partial charge in [-0.3, -0.25) is 4.79 Å². The van der Waals surface area contributed by atoms with Gasteiger partial charge in [0.05, 0.1) is 5.41 Å². The highest BCUT2D eigenvalue weighted by molar-refractivity contribution is 5.88. The van der Waals surface area contributed by atoms with Crippen LogP contribution in [0.4, 0.5) is 4.79 Å². The minimum absolute atomic E-state index is 0.232. The highest BCUT2D eigenvalue weighted by Gasteiger charge is 2.44. The number of nitrogens with zero attached hydrogens (tertiary/aromatic N) is 2. The summed E-state index contributed by atoms with van der Waals surface area (Å²) in [6.07, 6.45) is 2.99. The predicted molar refractivity (Wildman–Crippen MR) is 116 cm³/mol. The second-order valence-electron chi connectivity index (χ2n) is 9.66. The molecule has 2 saturated heterocycles. The van der Waals surface area contributed by atoms with Crippen molar-refractivity contribution in [2.75, 3.05) is 39.9 Å². The lowest BCUT2D eigenvalue weighted by Crippen LogP contribution is -2.52. The van der Waals surface area contributed by atoms with Gasteiger partial charge in [-0.1, -0.05) is 30.3 Å². The summed E-state index contributed by atoms with van der Waals surface area (Å²) in [5.41, 5.74) is 0.140. The van der Waals surface area contributed by atoms with Crippen LogP contribution in [0.15, 0.2) is 30.3 Å². The Morgan fingerprint density at radius 3 is 2.30 bits per heavy atom. The van der Waals surface area contributed by atoms with Crippen molar-refractivity contribution in [3.63, 3.8) is 0 Å². The van der Waals surface area contributed by atoms with Gasteiger partial charge in [-0.15, -0.1) is 0 Å². The van der Waals surface area contributed by atoms with Crippen LogP contribution in [0.1, 0.15) is 52.0 Å². The zero-order valence-electron chi connectivity index (χ0n) is 18.9. The molecule has 0 N–H and O–H groups in total. The fourth-order valence-corrected chi connectivity index (χ4v) is 4.53. The average Bonchev–Trinajstić information content (AvgIpc) is 2.73. The zero-order chi connectivity index (χ0) is 21.8. The summed E-state index contributed by atoms with van der Waals surface area (Å²) >= 11 is 0. The van der Waals surface area contributed by atoms with Gasteiger partial charge in [0.2, 0.25) is 5.91 Å². The van der Waals surface area contributed by atoms with Gasteiger partial charge in [0.1, 0.15) is 5.60 Å². The van der Waals surface area contributed by atoms with Crippen LogP contribution >= 0.6 is 0 Å². The molecule has 0 saturated carbocycles. The first-order valence-electron chi connectivity index (χ1n) is 11.1. The number of hydrogen-bond donors (Lipinski definition) is 0. The Hall–Kier alpha value is -2.08. The number of carbonyl (C=O) groups excluding carboxylic acids is 2. The summed E-state index contributed by atoms with van der Waals surface area (Å²) in [4.78, 5) is 29.6. The van der Waals surface area contributed by atoms with Crippen molar-refractivity contribution in [3.05, 3.63) is 35.9 Å². The van der Waals surface area contributed by atoms with Gasteiger partial charge < -0.3 is 19.3 Å². The van der Waals surface area contributed by atoms with Crippen LogP contribution in [0.5, 0.6) is 0 Å². The first-order valence-corrected chi connectivity index (χ1v) is 11.1. The molecule has 0 unspecified atom stereocenters. The van der Waals surface area contributed by atoms with Crippen LogP contribution in [0.3, 0.4) is 0 Å². The van der Waals surface area contributed by atoms with Gasteiger partial charge in [-0.25, -0.2) is 4.79 Å². The largest absolute Gasteiger partial charge is 0.444 e. The summed E-state index contributed by atoms with van der Waals surface area (Å²) in [5, 5.41) is 0. The second-order valence-corrected chi connectivity index (χ2v) is 9.66. The van der Waals surface area contributed by atoms with Gasteiger partial charge in [0.15, 0.2) is 0 Å². The molecular weight excluding hydrogens is 380 g/mol. The number of piperidine rings is 1. The number of likely N-dealkylation sites (tertiary alicyclic amines) is 1. The number of hydrogen-bond acceptors (Lipinski definition) is 4. The van der Waals surface area contributed by atoms with Crippen molar-refractivity contribution in [2.45, 2.75) is 57.5 Å². The molecule has 166 valence electrons. The van der Waals surface area contributed by atoms with Gasteiger partial charge >= 0.3 is 6.09 Å².